The van der Waals surface area contributed by atoms with Crippen molar-refractivity contribution in [2.24, 2.45) is 0 Å². The van der Waals surface area contributed by atoms with E-state index in [1.807, 2.05) is 0 Å². The second kappa shape index (κ2) is 5.65. The fourth-order valence-electron chi connectivity index (χ4n) is 1.85. The van der Waals surface area contributed by atoms with E-state index < -0.39 is 10.8 Å². The van der Waals surface area contributed by atoms with E-state index in [9.17, 15) is 4.21 Å². The molecule has 0 unspecified atom stereocenters. The molecule has 0 amide bonds. The topological polar surface area (TPSA) is 20.3 Å². The molecule has 0 bridgehead atoms. The highest BCUT2D eigenvalue weighted by molar-refractivity contribution is 9.10. The van der Waals surface area contributed by atoms with Crippen molar-refractivity contribution in [1.29, 1.82) is 0 Å². The van der Waals surface area contributed by atoms with Crippen molar-refractivity contribution < 1.29 is 4.21 Å². The van der Waals surface area contributed by atoms with Gasteiger partial charge in [-0.25, -0.2) is 0 Å². The van der Waals surface area contributed by atoms with Crippen LogP contribution in [-0.2, 0) is 16.1 Å². The molecule has 2 nitrogen and oxygen atoms in total. The molecule has 88 valence electrons. The molecule has 0 atom stereocenters. The molecule has 1 aromatic rings. The fraction of sp³-hybridized carbons (Fsp3) is 0.455. The predicted molar refractivity (Wildman–Crippen MR) is 76.9 cm³/mol. The smallest absolute Gasteiger partial charge is 0.0411 e. The molecule has 0 saturated carbocycles. The third-order valence-corrected chi connectivity index (χ3v) is 5.08. The Balaban J connectivity index is 2.22. The number of halogens is 2. The zero-order chi connectivity index (χ0) is 11.5. The van der Waals surface area contributed by atoms with Crippen LogP contribution in [0.25, 0.3) is 0 Å². The van der Waals surface area contributed by atoms with Crippen molar-refractivity contribution >= 4 is 48.3 Å². The SMILES string of the molecule is O=S1CCN(c2ccc(Br)cc2CBr)CC1. The number of hydrogen-bond acceptors (Lipinski definition) is 2. The number of nitrogens with zero attached hydrogens (tertiary/aromatic N) is 1. The number of alkyl halides is 1. The first-order valence-corrected chi connectivity index (χ1v) is 8.55. The summed E-state index contributed by atoms with van der Waals surface area (Å²) >= 11 is 7.00. The summed E-state index contributed by atoms with van der Waals surface area (Å²) in [6, 6.07) is 6.33. The van der Waals surface area contributed by atoms with Gasteiger partial charge in [0.2, 0.25) is 0 Å². The molecule has 0 aliphatic carbocycles. The van der Waals surface area contributed by atoms with Crippen LogP contribution in [0.2, 0.25) is 0 Å². The maximum absolute atomic E-state index is 11.3. The minimum atomic E-state index is -0.610. The molecule has 1 saturated heterocycles. The number of benzene rings is 1. The Morgan fingerprint density at radius 2 is 2.00 bits per heavy atom. The summed E-state index contributed by atoms with van der Waals surface area (Å²) < 4.78 is 12.4. The Labute approximate surface area is 115 Å². The van der Waals surface area contributed by atoms with E-state index >= 15 is 0 Å². The molecular formula is C11H13Br2NOS. The van der Waals surface area contributed by atoms with Crippen LogP contribution in [0.3, 0.4) is 0 Å². The Kier molecular flexibility index (Phi) is 4.44. The van der Waals surface area contributed by atoms with Crippen LogP contribution in [0.5, 0.6) is 0 Å². The van der Waals surface area contributed by atoms with Crippen molar-refractivity contribution in [2.75, 3.05) is 29.5 Å². The summed E-state index contributed by atoms with van der Waals surface area (Å²) in [4.78, 5) is 2.32. The summed E-state index contributed by atoms with van der Waals surface area (Å²) in [5, 5.41) is 0.849. The lowest BCUT2D eigenvalue weighted by Gasteiger charge is -2.30. The predicted octanol–water partition coefficient (Wildman–Crippen LogP) is 2.91. The van der Waals surface area contributed by atoms with Gasteiger partial charge in [0, 0.05) is 50.9 Å². The summed E-state index contributed by atoms with van der Waals surface area (Å²) in [5.41, 5.74) is 2.54. The maximum Gasteiger partial charge on any atom is 0.0411 e. The summed E-state index contributed by atoms with van der Waals surface area (Å²) in [6.45, 7) is 1.79. The highest BCUT2D eigenvalue weighted by atomic mass is 79.9. The minimum Gasteiger partial charge on any atom is -0.369 e. The van der Waals surface area contributed by atoms with E-state index in [0.29, 0.717) is 0 Å². The molecule has 0 radical (unpaired) electrons. The highest BCUT2D eigenvalue weighted by Gasteiger charge is 2.17. The second-order valence-electron chi connectivity index (χ2n) is 3.74. The van der Waals surface area contributed by atoms with Crippen molar-refractivity contribution in [3.05, 3.63) is 28.2 Å². The lowest BCUT2D eigenvalue weighted by atomic mass is 10.2. The molecular weight excluding hydrogens is 354 g/mol. The van der Waals surface area contributed by atoms with E-state index in [1.165, 1.54) is 11.3 Å². The Hall–Kier alpha value is 0.130. The highest BCUT2D eigenvalue weighted by Crippen LogP contribution is 2.27. The van der Waals surface area contributed by atoms with Gasteiger partial charge in [-0.05, 0) is 23.8 Å². The first-order chi connectivity index (χ1) is 7.70. The van der Waals surface area contributed by atoms with Gasteiger partial charge in [-0.3, -0.25) is 4.21 Å². The summed E-state index contributed by atoms with van der Waals surface area (Å²) in [7, 11) is -0.610. The molecule has 5 heteroatoms. The minimum absolute atomic E-state index is 0.610. The standard InChI is InChI=1S/C11H13Br2NOS/c12-8-9-7-10(13)1-2-11(9)14-3-5-16(15)6-4-14/h1-2,7H,3-6,8H2. The van der Waals surface area contributed by atoms with Crippen LogP contribution in [0.1, 0.15) is 5.56 Å². The van der Waals surface area contributed by atoms with Crippen LogP contribution in [0.4, 0.5) is 5.69 Å². The third-order valence-electron chi connectivity index (χ3n) is 2.70. The second-order valence-corrected chi connectivity index (χ2v) is 6.91. The summed E-state index contributed by atoms with van der Waals surface area (Å²) in [6.07, 6.45) is 0. The van der Waals surface area contributed by atoms with Gasteiger partial charge >= 0.3 is 0 Å². The zero-order valence-corrected chi connectivity index (χ0v) is 12.8. The normalized spacial score (nSPS) is 17.8. The average Bonchev–Trinajstić information content (AvgIpc) is 2.30. The largest absolute Gasteiger partial charge is 0.369 e. The van der Waals surface area contributed by atoms with Gasteiger partial charge in [-0.15, -0.1) is 0 Å². The van der Waals surface area contributed by atoms with Gasteiger partial charge in [-0.1, -0.05) is 31.9 Å². The van der Waals surface area contributed by atoms with Gasteiger partial charge in [0.15, 0.2) is 0 Å². The molecule has 1 aliphatic heterocycles. The van der Waals surface area contributed by atoms with E-state index in [-0.39, 0.29) is 0 Å². The molecule has 0 spiro atoms. The van der Waals surface area contributed by atoms with Crippen LogP contribution in [0.15, 0.2) is 22.7 Å². The van der Waals surface area contributed by atoms with Gasteiger partial charge in [0.25, 0.3) is 0 Å². The van der Waals surface area contributed by atoms with Gasteiger partial charge < -0.3 is 4.90 Å². The molecule has 1 fully saturated rings. The number of hydrogen-bond donors (Lipinski definition) is 0. The first-order valence-electron chi connectivity index (χ1n) is 5.15. The third kappa shape index (κ3) is 2.87. The Morgan fingerprint density at radius 1 is 1.31 bits per heavy atom. The molecule has 1 aromatic carbocycles. The van der Waals surface area contributed by atoms with Gasteiger partial charge in [-0.2, -0.15) is 0 Å². The molecule has 2 rings (SSSR count). The lowest BCUT2D eigenvalue weighted by molar-refractivity contribution is 0.673. The Bertz CT molecular complexity index is 401. The van der Waals surface area contributed by atoms with E-state index in [4.69, 9.17) is 0 Å². The zero-order valence-electron chi connectivity index (χ0n) is 8.79. The fourth-order valence-corrected chi connectivity index (χ4v) is 3.76. The van der Waals surface area contributed by atoms with Gasteiger partial charge in [0.05, 0.1) is 0 Å². The quantitative estimate of drug-likeness (QED) is 0.750. The first kappa shape index (κ1) is 12.6. The Morgan fingerprint density at radius 3 is 2.62 bits per heavy atom. The van der Waals surface area contributed by atoms with Crippen molar-refractivity contribution in [1.82, 2.24) is 0 Å². The molecule has 0 N–H and O–H groups in total. The summed E-state index contributed by atoms with van der Waals surface area (Å²) in [5.74, 6) is 1.58. The van der Waals surface area contributed by atoms with Crippen molar-refractivity contribution in [3.63, 3.8) is 0 Å². The number of rotatable bonds is 2. The number of anilines is 1. The van der Waals surface area contributed by atoms with Crippen LogP contribution in [-0.4, -0.2) is 28.8 Å². The monoisotopic (exact) mass is 365 g/mol. The maximum atomic E-state index is 11.3. The molecule has 16 heavy (non-hydrogen) atoms. The van der Waals surface area contributed by atoms with Gasteiger partial charge in [0.1, 0.15) is 0 Å². The van der Waals surface area contributed by atoms with Crippen molar-refractivity contribution in [2.45, 2.75) is 5.33 Å². The molecule has 1 heterocycles. The lowest BCUT2D eigenvalue weighted by Crippen LogP contribution is -2.38. The van der Waals surface area contributed by atoms with Crippen molar-refractivity contribution in [3.8, 4) is 0 Å². The van der Waals surface area contributed by atoms with E-state index in [0.717, 1.165) is 34.4 Å². The average molecular weight is 367 g/mol. The van der Waals surface area contributed by atoms with Crippen LogP contribution >= 0.6 is 31.9 Å². The molecule has 1 aliphatic rings. The van der Waals surface area contributed by atoms with Crippen LogP contribution < -0.4 is 4.90 Å². The van der Waals surface area contributed by atoms with Crippen LogP contribution in [0, 0.1) is 0 Å². The van der Waals surface area contributed by atoms with E-state index in [2.05, 4.69) is 55.0 Å². The molecule has 0 aromatic heterocycles. The van der Waals surface area contributed by atoms with E-state index in [1.54, 1.807) is 0 Å².